The van der Waals surface area contributed by atoms with Crippen LogP contribution in [-0.4, -0.2) is 42.5 Å². The van der Waals surface area contributed by atoms with E-state index in [1.165, 1.54) is 22.3 Å². The first-order chi connectivity index (χ1) is 18.4. The first kappa shape index (κ1) is 26.3. The van der Waals surface area contributed by atoms with E-state index in [4.69, 9.17) is 14.2 Å². The Hall–Kier alpha value is -3.31. The molecular weight excluding hydrogens is 474 g/mol. The zero-order chi connectivity index (χ0) is 26.7. The molecule has 5 nitrogen and oxygen atoms in total. The van der Waals surface area contributed by atoms with E-state index < -0.39 is 0 Å². The van der Waals surface area contributed by atoms with Crippen molar-refractivity contribution >= 4 is 6.29 Å². The second kappa shape index (κ2) is 11.2. The molecule has 0 unspecified atom stereocenters. The number of nitrogens with zero attached hydrogens (tertiary/aromatic N) is 1. The molecule has 2 heterocycles. The quantitative estimate of drug-likeness (QED) is 0.301. The van der Waals surface area contributed by atoms with Gasteiger partial charge in [0, 0.05) is 23.7 Å². The van der Waals surface area contributed by atoms with Crippen molar-refractivity contribution < 1.29 is 19.0 Å². The molecule has 5 heteroatoms. The lowest BCUT2D eigenvalue weighted by molar-refractivity contribution is 0.0146. The molecule has 3 aromatic rings. The molecular formula is C33H39NO4. The van der Waals surface area contributed by atoms with Gasteiger partial charge in [-0.25, -0.2) is 0 Å². The van der Waals surface area contributed by atoms with Crippen LogP contribution in [0.4, 0.5) is 0 Å². The minimum Gasteiger partial charge on any atom is -0.492 e. The molecule has 0 amide bonds. The van der Waals surface area contributed by atoms with Crippen molar-refractivity contribution in [2.24, 2.45) is 0 Å². The molecule has 0 bridgehead atoms. The lowest BCUT2D eigenvalue weighted by Crippen LogP contribution is -2.50. The van der Waals surface area contributed by atoms with Crippen molar-refractivity contribution in [2.45, 2.75) is 71.6 Å². The second-order valence-corrected chi connectivity index (χ2v) is 11.1. The minimum absolute atomic E-state index is 0.261. The van der Waals surface area contributed by atoms with E-state index in [1.54, 1.807) is 12.1 Å². The summed E-state index contributed by atoms with van der Waals surface area (Å²) in [5.41, 5.74) is 6.37. The highest BCUT2D eigenvalue weighted by molar-refractivity contribution is 5.75. The van der Waals surface area contributed by atoms with Gasteiger partial charge in [0.25, 0.3) is 0 Å². The van der Waals surface area contributed by atoms with Gasteiger partial charge in [-0.15, -0.1) is 0 Å². The monoisotopic (exact) mass is 513 g/mol. The predicted molar refractivity (Wildman–Crippen MR) is 151 cm³/mol. The van der Waals surface area contributed by atoms with E-state index in [9.17, 15) is 4.79 Å². The lowest BCUT2D eigenvalue weighted by atomic mass is 9.86. The predicted octanol–water partition coefficient (Wildman–Crippen LogP) is 6.63. The molecule has 0 saturated carbocycles. The summed E-state index contributed by atoms with van der Waals surface area (Å²) in [6, 6.07) is 18.1. The number of rotatable bonds is 9. The first-order valence-corrected chi connectivity index (χ1v) is 13.8. The molecule has 200 valence electrons. The highest BCUT2D eigenvalue weighted by atomic mass is 16.5. The van der Waals surface area contributed by atoms with Crippen LogP contribution in [0, 0.1) is 20.8 Å². The number of aldehydes is 1. The third-order valence-electron chi connectivity index (χ3n) is 8.26. The molecule has 1 fully saturated rings. The Labute approximate surface area is 226 Å². The Kier molecular flexibility index (Phi) is 7.75. The van der Waals surface area contributed by atoms with E-state index in [0.717, 1.165) is 67.9 Å². The van der Waals surface area contributed by atoms with E-state index in [-0.39, 0.29) is 5.60 Å². The zero-order valence-electron chi connectivity index (χ0n) is 23.1. The maximum atomic E-state index is 11.1. The van der Waals surface area contributed by atoms with Gasteiger partial charge in [-0.3, -0.25) is 9.69 Å². The molecule has 0 spiro atoms. The molecule has 0 radical (unpaired) electrons. The second-order valence-electron chi connectivity index (χ2n) is 11.1. The fraction of sp³-hybridized carbons (Fsp3) is 0.424. The van der Waals surface area contributed by atoms with Gasteiger partial charge >= 0.3 is 0 Å². The van der Waals surface area contributed by atoms with Gasteiger partial charge < -0.3 is 14.2 Å². The van der Waals surface area contributed by atoms with Crippen LogP contribution in [0.5, 0.6) is 17.2 Å². The summed E-state index contributed by atoms with van der Waals surface area (Å²) >= 11 is 0. The van der Waals surface area contributed by atoms with Crippen LogP contribution in [0.1, 0.15) is 64.4 Å². The van der Waals surface area contributed by atoms with Crippen molar-refractivity contribution in [2.75, 3.05) is 19.7 Å². The largest absolute Gasteiger partial charge is 0.492 e. The van der Waals surface area contributed by atoms with E-state index in [0.29, 0.717) is 24.8 Å². The molecule has 0 aromatic heterocycles. The fourth-order valence-corrected chi connectivity index (χ4v) is 5.93. The molecule has 0 aliphatic carbocycles. The van der Waals surface area contributed by atoms with E-state index >= 15 is 0 Å². The summed E-state index contributed by atoms with van der Waals surface area (Å²) in [5, 5.41) is 0. The van der Waals surface area contributed by atoms with Crippen LogP contribution in [0.25, 0.3) is 0 Å². The number of ether oxygens (including phenoxy) is 3. The highest BCUT2D eigenvalue weighted by Gasteiger charge is 2.39. The SMILES string of the molecule is Cc1c(C)c2c(c(C)c1OCc1ccccc1)CC[C@@](C)(CN1CCC[C@H]1COc1cccc(C=O)c1)O2. The average Bonchev–Trinajstić information content (AvgIpc) is 3.37. The summed E-state index contributed by atoms with van der Waals surface area (Å²) in [4.78, 5) is 13.6. The zero-order valence-corrected chi connectivity index (χ0v) is 23.1. The number of fused-ring (bicyclic) bond motifs is 1. The molecule has 2 atom stereocenters. The number of benzene rings is 3. The lowest BCUT2D eigenvalue weighted by Gasteiger charge is -2.41. The topological polar surface area (TPSA) is 48.0 Å². The van der Waals surface area contributed by atoms with E-state index in [2.05, 4.69) is 44.7 Å². The Morgan fingerprint density at radius 2 is 1.84 bits per heavy atom. The molecule has 5 rings (SSSR count). The Morgan fingerprint density at radius 3 is 2.63 bits per heavy atom. The summed E-state index contributed by atoms with van der Waals surface area (Å²) in [6.07, 6.45) is 5.08. The maximum Gasteiger partial charge on any atom is 0.150 e. The van der Waals surface area contributed by atoms with Crippen LogP contribution >= 0.6 is 0 Å². The molecule has 38 heavy (non-hydrogen) atoms. The summed E-state index contributed by atoms with van der Waals surface area (Å²) in [5.74, 6) is 2.79. The third-order valence-corrected chi connectivity index (χ3v) is 8.26. The summed E-state index contributed by atoms with van der Waals surface area (Å²) in [6.45, 7) is 11.8. The molecule has 0 N–H and O–H groups in total. The van der Waals surface area contributed by atoms with Crippen LogP contribution < -0.4 is 14.2 Å². The van der Waals surface area contributed by atoms with Gasteiger partial charge in [0.15, 0.2) is 0 Å². The van der Waals surface area contributed by atoms with Gasteiger partial charge in [-0.2, -0.15) is 0 Å². The number of hydrogen-bond donors (Lipinski definition) is 0. The number of likely N-dealkylation sites (tertiary alicyclic amines) is 1. The van der Waals surface area contributed by atoms with Gasteiger partial charge in [-0.1, -0.05) is 42.5 Å². The van der Waals surface area contributed by atoms with Crippen molar-refractivity contribution in [3.63, 3.8) is 0 Å². The minimum atomic E-state index is -0.261. The Bertz CT molecular complexity index is 1290. The maximum absolute atomic E-state index is 11.1. The number of carbonyl (C=O) groups is 1. The average molecular weight is 514 g/mol. The van der Waals surface area contributed by atoms with E-state index in [1.807, 2.05) is 30.3 Å². The molecule has 2 aliphatic heterocycles. The first-order valence-electron chi connectivity index (χ1n) is 13.8. The fourth-order valence-electron chi connectivity index (χ4n) is 5.93. The molecule has 1 saturated heterocycles. The summed E-state index contributed by atoms with van der Waals surface area (Å²) < 4.78 is 19.3. The Morgan fingerprint density at radius 1 is 1.03 bits per heavy atom. The van der Waals surface area contributed by atoms with Gasteiger partial charge in [0.2, 0.25) is 0 Å². The van der Waals surface area contributed by atoms with Crippen molar-refractivity contribution in [3.05, 3.63) is 88.0 Å². The van der Waals surface area contributed by atoms with Crippen LogP contribution in [-0.2, 0) is 13.0 Å². The van der Waals surface area contributed by atoms with Gasteiger partial charge in [0.05, 0.1) is 0 Å². The van der Waals surface area contributed by atoms with Gasteiger partial charge in [-0.05, 0) is 94.3 Å². The van der Waals surface area contributed by atoms with Crippen LogP contribution in [0.15, 0.2) is 54.6 Å². The highest BCUT2D eigenvalue weighted by Crippen LogP contribution is 2.44. The normalized spacial score (nSPS) is 21.0. The molecule has 2 aliphatic rings. The standard InChI is InChI=1S/C33H39NO4/c1-23-24(2)32-30(25(3)31(23)37-20-26-10-6-5-7-11-26)15-16-33(4,38-32)22-34-17-9-13-28(34)21-36-29-14-8-12-27(18-29)19-35/h5-8,10-12,14,18-19,28H,9,13,15-17,20-22H2,1-4H3/t28-,33-/m0/s1. The smallest absolute Gasteiger partial charge is 0.150 e. The van der Waals surface area contributed by atoms with Crippen LogP contribution in [0.2, 0.25) is 0 Å². The van der Waals surface area contributed by atoms with Crippen molar-refractivity contribution in [1.82, 2.24) is 4.90 Å². The summed E-state index contributed by atoms with van der Waals surface area (Å²) in [7, 11) is 0. The number of carbonyl (C=O) groups excluding carboxylic acids is 1. The molecule has 3 aromatic carbocycles. The number of hydrogen-bond acceptors (Lipinski definition) is 5. The van der Waals surface area contributed by atoms with Crippen molar-refractivity contribution in [3.8, 4) is 17.2 Å². The van der Waals surface area contributed by atoms with Crippen molar-refractivity contribution in [1.29, 1.82) is 0 Å². The Balaban J connectivity index is 1.27. The van der Waals surface area contributed by atoms with Crippen LogP contribution in [0.3, 0.4) is 0 Å². The van der Waals surface area contributed by atoms with Gasteiger partial charge in [0.1, 0.15) is 42.3 Å². The third kappa shape index (κ3) is 5.58.